The summed E-state index contributed by atoms with van der Waals surface area (Å²) in [6, 6.07) is 0. The molecule has 0 bridgehead atoms. The van der Waals surface area contributed by atoms with Gasteiger partial charge in [-0.1, -0.05) is 122 Å². The van der Waals surface area contributed by atoms with E-state index in [2.05, 4.69) is 26.0 Å². The molecule has 0 aromatic carbocycles. The molecule has 2 aliphatic heterocycles. The van der Waals surface area contributed by atoms with Crippen LogP contribution in [0.4, 0.5) is 0 Å². The molecule has 0 radical (unpaired) electrons. The highest BCUT2D eigenvalue weighted by atomic mass is 16.7. The average Bonchev–Trinajstić information content (AvgIpc) is 3.19. The Labute approximate surface area is 335 Å². The summed E-state index contributed by atoms with van der Waals surface area (Å²) < 4.78 is 34.0. The van der Waals surface area contributed by atoms with Gasteiger partial charge in [0.15, 0.2) is 12.6 Å². The summed E-state index contributed by atoms with van der Waals surface area (Å²) in [5.41, 5.74) is 0. The van der Waals surface area contributed by atoms with Gasteiger partial charge in [-0.15, -0.1) is 0 Å². The molecule has 0 aromatic heterocycles. The monoisotopic (exact) mass is 807 g/mol. The molecule has 2 saturated heterocycles. The van der Waals surface area contributed by atoms with E-state index >= 15 is 0 Å². The van der Waals surface area contributed by atoms with Gasteiger partial charge in [0.1, 0.15) is 54.9 Å². The summed E-state index contributed by atoms with van der Waals surface area (Å²) in [5.74, 6) is -0.387. The molecule has 2 rings (SSSR count). The second-order valence-corrected chi connectivity index (χ2v) is 15.5. The molecule has 2 heterocycles. The van der Waals surface area contributed by atoms with Crippen LogP contribution in [0.5, 0.6) is 0 Å². The molecule has 0 aliphatic carbocycles. The number of esters is 1. The van der Waals surface area contributed by atoms with Crippen molar-refractivity contribution < 1.29 is 69.0 Å². The Kier molecular flexibility index (Phi) is 28.7. The predicted octanol–water partition coefficient (Wildman–Crippen LogP) is 4.34. The van der Waals surface area contributed by atoms with Crippen LogP contribution < -0.4 is 0 Å². The standard InChI is InChI=1S/C42H78O14/c1-3-5-7-9-11-13-15-17-19-21-23-25-34(44)54-31(28-51-26-24-22-20-18-16-14-12-10-8-6-4-2)29-52-41-40(50)38(48)36(46)33(56-41)30-53-42-39(49)37(47)35(45)32(27-43)55-42/h9,11,31-33,35-43,45-50H,3-8,10,12-30H2,1-2H3/b11-9-. The first kappa shape index (κ1) is 50.9. The minimum Gasteiger partial charge on any atom is -0.457 e. The topological polar surface area (TPSA) is 214 Å². The number of hydrogen-bond donors (Lipinski definition) is 7. The smallest absolute Gasteiger partial charge is 0.306 e. The predicted molar refractivity (Wildman–Crippen MR) is 210 cm³/mol. The van der Waals surface area contributed by atoms with E-state index in [0.717, 1.165) is 57.8 Å². The SMILES string of the molecule is CCCC/C=C\CCCCCCCC(=O)OC(COCCCCCCCCCCCCC)COC1OC(COC2OC(CO)C(O)C(O)C2O)C(O)C(O)C1O. The van der Waals surface area contributed by atoms with Crippen molar-refractivity contribution in [3.8, 4) is 0 Å². The van der Waals surface area contributed by atoms with Crippen molar-refractivity contribution in [1.82, 2.24) is 0 Å². The molecular formula is C42H78O14. The molecule has 14 nitrogen and oxygen atoms in total. The molecular weight excluding hydrogens is 728 g/mol. The molecule has 2 aliphatic rings. The summed E-state index contributed by atoms with van der Waals surface area (Å²) in [5, 5.41) is 71.7. The van der Waals surface area contributed by atoms with Crippen LogP contribution in [0.3, 0.4) is 0 Å². The van der Waals surface area contributed by atoms with Crippen molar-refractivity contribution in [3.63, 3.8) is 0 Å². The maximum atomic E-state index is 12.9. The Morgan fingerprint density at radius 2 is 1.07 bits per heavy atom. The van der Waals surface area contributed by atoms with Crippen LogP contribution >= 0.6 is 0 Å². The minimum atomic E-state index is -1.70. The van der Waals surface area contributed by atoms with Crippen LogP contribution in [-0.2, 0) is 33.2 Å². The number of rotatable bonds is 33. The van der Waals surface area contributed by atoms with Gasteiger partial charge < -0.3 is 64.2 Å². The fourth-order valence-electron chi connectivity index (χ4n) is 6.85. The van der Waals surface area contributed by atoms with Gasteiger partial charge in [0.2, 0.25) is 0 Å². The van der Waals surface area contributed by atoms with E-state index in [0.29, 0.717) is 13.0 Å². The quantitative estimate of drug-likeness (QED) is 0.0279. The van der Waals surface area contributed by atoms with Gasteiger partial charge in [0.05, 0.1) is 26.4 Å². The van der Waals surface area contributed by atoms with Crippen LogP contribution in [0.15, 0.2) is 12.2 Å². The molecule has 14 heteroatoms. The molecule has 0 spiro atoms. The van der Waals surface area contributed by atoms with Gasteiger partial charge in [-0.2, -0.15) is 0 Å². The zero-order chi connectivity index (χ0) is 41.0. The first-order valence-corrected chi connectivity index (χ1v) is 21.8. The molecule has 0 amide bonds. The molecule has 2 fully saturated rings. The van der Waals surface area contributed by atoms with Crippen molar-refractivity contribution in [2.75, 3.05) is 33.0 Å². The third-order valence-corrected chi connectivity index (χ3v) is 10.5. The molecule has 56 heavy (non-hydrogen) atoms. The zero-order valence-electron chi connectivity index (χ0n) is 34.4. The lowest BCUT2D eigenvalue weighted by molar-refractivity contribution is -0.332. The fourth-order valence-corrected chi connectivity index (χ4v) is 6.85. The summed E-state index contributed by atoms with van der Waals surface area (Å²) in [7, 11) is 0. The number of aliphatic hydroxyl groups is 7. The van der Waals surface area contributed by atoms with Crippen molar-refractivity contribution >= 4 is 5.97 Å². The van der Waals surface area contributed by atoms with Crippen LogP contribution in [0.25, 0.3) is 0 Å². The van der Waals surface area contributed by atoms with E-state index in [4.69, 9.17) is 28.4 Å². The van der Waals surface area contributed by atoms with Crippen LogP contribution in [0, 0.1) is 0 Å². The van der Waals surface area contributed by atoms with E-state index in [9.17, 15) is 40.5 Å². The number of allylic oxidation sites excluding steroid dienone is 2. The lowest BCUT2D eigenvalue weighted by atomic mass is 9.98. The van der Waals surface area contributed by atoms with Gasteiger partial charge in [-0.25, -0.2) is 0 Å². The Morgan fingerprint density at radius 1 is 0.571 bits per heavy atom. The molecule has 330 valence electrons. The fraction of sp³-hybridized carbons (Fsp3) is 0.929. The van der Waals surface area contributed by atoms with E-state index in [-0.39, 0.29) is 25.6 Å². The summed E-state index contributed by atoms with van der Waals surface area (Å²) in [6.45, 7) is 3.62. The summed E-state index contributed by atoms with van der Waals surface area (Å²) >= 11 is 0. The number of ether oxygens (including phenoxy) is 6. The summed E-state index contributed by atoms with van der Waals surface area (Å²) in [6.07, 6.45) is 11.5. The number of carbonyl (C=O) groups excluding carboxylic acids is 1. The largest absolute Gasteiger partial charge is 0.457 e. The van der Waals surface area contributed by atoms with Crippen LogP contribution in [0.2, 0.25) is 0 Å². The molecule has 11 unspecified atom stereocenters. The molecule has 0 aromatic rings. The van der Waals surface area contributed by atoms with Crippen LogP contribution in [0.1, 0.15) is 149 Å². The highest BCUT2D eigenvalue weighted by molar-refractivity contribution is 5.69. The first-order valence-electron chi connectivity index (χ1n) is 21.8. The Balaban J connectivity index is 1.84. The third-order valence-electron chi connectivity index (χ3n) is 10.5. The van der Waals surface area contributed by atoms with E-state index in [1.165, 1.54) is 64.2 Å². The van der Waals surface area contributed by atoms with Gasteiger partial charge in [0, 0.05) is 13.0 Å². The molecule has 0 saturated carbocycles. The summed E-state index contributed by atoms with van der Waals surface area (Å²) in [4.78, 5) is 12.9. The van der Waals surface area contributed by atoms with Crippen LogP contribution in [-0.4, -0.2) is 142 Å². The van der Waals surface area contributed by atoms with Gasteiger partial charge in [0.25, 0.3) is 0 Å². The Hall–Kier alpha value is -1.27. The lowest BCUT2D eigenvalue weighted by Gasteiger charge is -2.42. The van der Waals surface area contributed by atoms with Gasteiger partial charge in [-0.05, 0) is 32.1 Å². The van der Waals surface area contributed by atoms with Crippen molar-refractivity contribution in [2.45, 2.75) is 216 Å². The lowest BCUT2D eigenvalue weighted by Crippen LogP contribution is -2.61. The normalized spacial score (nSPS) is 28.9. The second-order valence-electron chi connectivity index (χ2n) is 15.5. The van der Waals surface area contributed by atoms with E-state index < -0.39 is 80.7 Å². The minimum absolute atomic E-state index is 0.0624. The zero-order valence-corrected chi connectivity index (χ0v) is 34.4. The number of hydrogen-bond acceptors (Lipinski definition) is 14. The van der Waals surface area contributed by atoms with E-state index in [1.807, 2.05) is 0 Å². The maximum absolute atomic E-state index is 12.9. The number of carbonyl (C=O) groups is 1. The van der Waals surface area contributed by atoms with Crippen molar-refractivity contribution in [2.24, 2.45) is 0 Å². The average molecular weight is 807 g/mol. The maximum Gasteiger partial charge on any atom is 0.306 e. The van der Waals surface area contributed by atoms with Gasteiger partial charge >= 0.3 is 5.97 Å². The van der Waals surface area contributed by atoms with Crippen molar-refractivity contribution in [1.29, 1.82) is 0 Å². The van der Waals surface area contributed by atoms with Gasteiger partial charge in [-0.3, -0.25) is 4.79 Å². The second kappa shape index (κ2) is 31.6. The van der Waals surface area contributed by atoms with E-state index in [1.54, 1.807) is 0 Å². The molecule has 11 atom stereocenters. The van der Waals surface area contributed by atoms with Crippen molar-refractivity contribution in [3.05, 3.63) is 12.2 Å². The highest BCUT2D eigenvalue weighted by Gasteiger charge is 2.47. The number of aliphatic hydroxyl groups excluding tert-OH is 7. The Morgan fingerprint density at radius 3 is 1.68 bits per heavy atom. The molecule has 7 N–H and O–H groups in total. The first-order chi connectivity index (χ1) is 27.1. The number of unbranched alkanes of at least 4 members (excludes halogenated alkanes) is 17. The Bertz CT molecular complexity index is 985. The highest BCUT2D eigenvalue weighted by Crippen LogP contribution is 2.26. The third kappa shape index (κ3) is 20.6.